The Hall–Kier alpha value is -4.20. The Bertz CT molecular complexity index is 1220. The van der Waals surface area contributed by atoms with Crippen molar-refractivity contribution in [2.45, 2.75) is 6.54 Å². The van der Waals surface area contributed by atoms with E-state index in [1.54, 1.807) is 18.3 Å². The number of nitrogens with one attached hydrogen (secondary N) is 2. The zero-order chi connectivity index (χ0) is 20.3. The third-order valence-electron chi connectivity index (χ3n) is 4.68. The molecule has 8 heteroatoms. The second-order valence-electron chi connectivity index (χ2n) is 6.68. The van der Waals surface area contributed by atoms with Gasteiger partial charge in [-0.1, -0.05) is 24.3 Å². The van der Waals surface area contributed by atoms with Gasteiger partial charge in [0.25, 0.3) is 5.91 Å². The molecule has 1 aliphatic rings. The predicted molar refractivity (Wildman–Crippen MR) is 111 cm³/mol. The van der Waals surface area contributed by atoms with Crippen LogP contribution in [0.25, 0.3) is 10.9 Å². The highest BCUT2D eigenvalue weighted by molar-refractivity contribution is 5.93. The van der Waals surface area contributed by atoms with Gasteiger partial charge in [-0.25, -0.2) is 0 Å². The van der Waals surface area contributed by atoms with Crippen LogP contribution in [0.3, 0.4) is 0 Å². The number of fused-ring (bicyclic) bond motifs is 2. The highest BCUT2D eigenvalue weighted by Gasteiger charge is 2.14. The molecule has 2 aromatic carbocycles. The molecule has 30 heavy (non-hydrogen) atoms. The van der Waals surface area contributed by atoms with Crippen LogP contribution in [0, 0.1) is 0 Å². The molecule has 5 rings (SSSR count). The molecule has 8 nitrogen and oxygen atoms in total. The molecule has 0 radical (unpaired) electrons. The third kappa shape index (κ3) is 3.58. The normalized spacial score (nSPS) is 12.0. The van der Waals surface area contributed by atoms with E-state index in [9.17, 15) is 4.79 Å². The van der Waals surface area contributed by atoms with E-state index in [1.807, 2.05) is 48.5 Å². The van der Waals surface area contributed by atoms with Crippen LogP contribution in [0.5, 0.6) is 11.5 Å². The smallest absolute Gasteiger partial charge is 0.272 e. The molecule has 0 fully saturated rings. The van der Waals surface area contributed by atoms with Gasteiger partial charge in [0.05, 0.1) is 11.2 Å². The van der Waals surface area contributed by atoms with Gasteiger partial charge < -0.3 is 20.1 Å². The summed E-state index contributed by atoms with van der Waals surface area (Å²) in [5.74, 6) is 1.61. The molecule has 0 bridgehead atoms. The van der Waals surface area contributed by atoms with Crippen LogP contribution >= 0.6 is 0 Å². The monoisotopic (exact) mass is 399 g/mol. The average molecular weight is 399 g/mol. The summed E-state index contributed by atoms with van der Waals surface area (Å²) in [6, 6.07) is 18.6. The summed E-state index contributed by atoms with van der Waals surface area (Å²) < 4.78 is 10.6. The molecule has 0 saturated heterocycles. The van der Waals surface area contributed by atoms with Crippen molar-refractivity contribution in [3.63, 3.8) is 0 Å². The zero-order valence-corrected chi connectivity index (χ0v) is 15.8. The van der Waals surface area contributed by atoms with E-state index >= 15 is 0 Å². The van der Waals surface area contributed by atoms with E-state index in [0.717, 1.165) is 22.2 Å². The van der Waals surface area contributed by atoms with Gasteiger partial charge in [0.15, 0.2) is 23.0 Å². The van der Waals surface area contributed by atoms with E-state index in [2.05, 4.69) is 25.8 Å². The summed E-state index contributed by atoms with van der Waals surface area (Å²) in [6.07, 6.45) is 1.74. The highest BCUT2D eigenvalue weighted by Crippen LogP contribution is 2.32. The number of amides is 1. The topological polar surface area (TPSA) is 98.3 Å². The van der Waals surface area contributed by atoms with E-state index in [1.165, 1.54) is 0 Å². The van der Waals surface area contributed by atoms with E-state index < -0.39 is 0 Å². The maximum absolute atomic E-state index is 12.4. The number of aromatic nitrogens is 3. The Kier molecular flexibility index (Phi) is 4.57. The van der Waals surface area contributed by atoms with Crippen LogP contribution in [-0.4, -0.2) is 27.9 Å². The summed E-state index contributed by atoms with van der Waals surface area (Å²) in [5, 5.41) is 15.2. The Morgan fingerprint density at radius 3 is 2.77 bits per heavy atom. The summed E-state index contributed by atoms with van der Waals surface area (Å²) in [7, 11) is 0. The largest absolute Gasteiger partial charge is 0.454 e. The standard InChI is InChI=1S/C22H17N5O3/c28-22(24-12-14-6-8-18-19(11-14)30-13-29-18)17-7-9-20(27-26-17)25-16-5-1-3-15-4-2-10-23-21(15)16/h1-11H,12-13H2,(H,24,28)(H,25,27). The van der Waals surface area contributed by atoms with E-state index in [-0.39, 0.29) is 18.4 Å². The number of hydrogen-bond donors (Lipinski definition) is 2. The van der Waals surface area contributed by atoms with Gasteiger partial charge in [-0.15, -0.1) is 10.2 Å². The Morgan fingerprint density at radius 2 is 1.87 bits per heavy atom. The molecule has 0 spiro atoms. The number of anilines is 2. The fraction of sp³-hybridized carbons (Fsp3) is 0.0909. The number of hydrogen-bond acceptors (Lipinski definition) is 7. The molecule has 0 aliphatic carbocycles. The second kappa shape index (κ2) is 7.67. The molecule has 0 atom stereocenters. The van der Waals surface area contributed by atoms with Crippen molar-refractivity contribution in [2.75, 3.05) is 12.1 Å². The molecule has 2 aromatic heterocycles. The summed E-state index contributed by atoms with van der Waals surface area (Å²) in [6.45, 7) is 0.564. The van der Waals surface area contributed by atoms with Crippen LogP contribution in [0.1, 0.15) is 16.1 Å². The molecular formula is C22H17N5O3. The summed E-state index contributed by atoms with van der Waals surface area (Å²) in [4.78, 5) is 16.8. The fourth-order valence-electron chi connectivity index (χ4n) is 3.19. The van der Waals surface area contributed by atoms with Crippen LogP contribution in [0.4, 0.5) is 11.5 Å². The highest BCUT2D eigenvalue weighted by atomic mass is 16.7. The van der Waals surface area contributed by atoms with Crippen molar-refractivity contribution < 1.29 is 14.3 Å². The molecule has 1 aliphatic heterocycles. The molecule has 0 saturated carbocycles. The minimum Gasteiger partial charge on any atom is -0.454 e. The second-order valence-corrected chi connectivity index (χ2v) is 6.68. The van der Waals surface area contributed by atoms with Gasteiger partial charge in [0.1, 0.15) is 0 Å². The summed E-state index contributed by atoms with van der Waals surface area (Å²) >= 11 is 0. The van der Waals surface area contributed by atoms with Gasteiger partial charge in [-0.05, 0) is 42.0 Å². The van der Waals surface area contributed by atoms with Gasteiger partial charge in [0, 0.05) is 18.1 Å². The minimum atomic E-state index is -0.307. The number of ether oxygens (including phenoxy) is 2. The van der Waals surface area contributed by atoms with Crippen molar-refractivity contribution in [2.24, 2.45) is 0 Å². The predicted octanol–water partition coefficient (Wildman–Crippen LogP) is 3.43. The molecule has 3 heterocycles. The number of pyridine rings is 1. The Balaban J connectivity index is 1.25. The number of carbonyl (C=O) groups is 1. The average Bonchev–Trinajstić information content (AvgIpc) is 3.26. The lowest BCUT2D eigenvalue weighted by molar-refractivity contribution is 0.0945. The van der Waals surface area contributed by atoms with Crippen LogP contribution < -0.4 is 20.1 Å². The fourth-order valence-corrected chi connectivity index (χ4v) is 3.19. The van der Waals surface area contributed by atoms with Crippen molar-refractivity contribution in [3.05, 3.63) is 78.1 Å². The van der Waals surface area contributed by atoms with Gasteiger partial charge in [0.2, 0.25) is 6.79 Å². The van der Waals surface area contributed by atoms with Gasteiger partial charge in [-0.3, -0.25) is 9.78 Å². The Morgan fingerprint density at radius 1 is 0.967 bits per heavy atom. The first-order valence-corrected chi connectivity index (χ1v) is 9.37. The lowest BCUT2D eigenvalue weighted by Gasteiger charge is -2.09. The van der Waals surface area contributed by atoms with Crippen LogP contribution in [-0.2, 0) is 6.54 Å². The van der Waals surface area contributed by atoms with Crippen molar-refractivity contribution in [1.29, 1.82) is 0 Å². The maximum Gasteiger partial charge on any atom is 0.272 e. The summed E-state index contributed by atoms with van der Waals surface area (Å²) in [5.41, 5.74) is 2.80. The van der Waals surface area contributed by atoms with Crippen molar-refractivity contribution in [1.82, 2.24) is 20.5 Å². The zero-order valence-electron chi connectivity index (χ0n) is 15.8. The first-order valence-electron chi connectivity index (χ1n) is 9.37. The lowest BCUT2D eigenvalue weighted by atomic mass is 10.2. The third-order valence-corrected chi connectivity index (χ3v) is 4.68. The number of nitrogens with zero attached hydrogens (tertiary/aromatic N) is 3. The molecule has 4 aromatic rings. The minimum absolute atomic E-state index is 0.218. The quantitative estimate of drug-likeness (QED) is 0.530. The Labute approximate surface area is 171 Å². The molecular weight excluding hydrogens is 382 g/mol. The molecule has 148 valence electrons. The number of rotatable bonds is 5. The molecule has 2 N–H and O–H groups in total. The molecule has 1 amide bonds. The van der Waals surface area contributed by atoms with Gasteiger partial charge >= 0.3 is 0 Å². The SMILES string of the molecule is O=C(NCc1ccc2c(c1)OCO2)c1ccc(Nc2cccc3cccnc23)nn1. The number of benzene rings is 2. The van der Waals surface area contributed by atoms with Gasteiger partial charge in [-0.2, -0.15) is 0 Å². The lowest BCUT2D eigenvalue weighted by Crippen LogP contribution is -2.24. The first kappa shape index (κ1) is 17.9. The van der Waals surface area contributed by atoms with Crippen LogP contribution in [0.15, 0.2) is 66.9 Å². The van der Waals surface area contributed by atoms with Crippen molar-refractivity contribution >= 4 is 28.3 Å². The molecule has 0 unspecified atom stereocenters. The number of para-hydroxylation sites is 1. The van der Waals surface area contributed by atoms with E-state index in [4.69, 9.17) is 9.47 Å². The van der Waals surface area contributed by atoms with E-state index in [0.29, 0.717) is 23.9 Å². The number of carbonyl (C=O) groups excluding carboxylic acids is 1. The van der Waals surface area contributed by atoms with Crippen molar-refractivity contribution in [3.8, 4) is 11.5 Å². The maximum atomic E-state index is 12.4. The first-order chi connectivity index (χ1) is 14.8. The van der Waals surface area contributed by atoms with Crippen LogP contribution in [0.2, 0.25) is 0 Å².